The molecular weight excluding hydrogens is 370 g/mol. The van der Waals surface area contributed by atoms with E-state index in [2.05, 4.69) is 5.32 Å². The summed E-state index contributed by atoms with van der Waals surface area (Å²) in [6.45, 7) is 0.644. The van der Waals surface area contributed by atoms with Gasteiger partial charge in [0.05, 0.1) is 27.2 Å². The molecule has 2 aromatic rings. The van der Waals surface area contributed by atoms with Crippen molar-refractivity contribution in [3.8, 4) is 23.0 Å². The van der Waals surface area contributed by atoms with E-state index in [0.717, 1.165) is 16.9 Å². The van der Waals surface area contributed by atoms with Gasteiger partial charge in [0, 0.05) is 23.2 Å². The second-order valence-corrected chi connectivity index (χ2v) is 6.64. The fourth-order valence-corrected chi connectivity index (χ4v) is 3.28. The summed E-state index contributed by atoms with van der Waals surface area (Å²) >= 11 is 6.04. The molecule has 0 unspecified atom stereocenters. The van der Waals surface area contributed by atoms with Crippen molar-refractivity contribution in [3.05, 3.63) is 46.5 Å². The molecule has 0 spiro atoms. The van der Waals surface area contributed by atoms with Crippen LogP contribution in [0, 0.1) is 5.92 Å². The number of hydrogen-bond acceptors (Lipinski definition) is 5. The van der Waals surface area contributed by atoms with Crippen molar-refractivity contribution in [1.29, 1.82) is 0 Å². The van der Waals surface area contributed by atoms with Gasteiger partial charge < -0.3 is 24.3 Å². The van der Waals surface area contributed by atoms with Gasteiger partial charge in [0.1, 0.15) is 18.1 Å². The van der Waals surface area contributed by atoms with Crippen LogP contribution in [0.5, 0.6) is 23.0 Å². The standard InChI is InChI=1S/C20H22ClNO5/c1-24-17-9-19(26-3)18(25-2)8-13(17)10-22-20(23)14-6-12-7-15(21)4-5-16(12)27-11-14/h4-5,7-9,14H,6,10-11H2,1-3H3,(H,22,23)/t14-/m0/s1. The third kappa shape index (κ3) is 4.22. The van der Waals surface area contributed by atoms with Gasteiger partial charge in [0.2, 0.25) is 5.91 Å². The number of methoxy groups -OCH3 is 3. The normalized spacial score (nSPS) is 15.3. The quantitative estimate of drug-likeness (QED) is 0.818. The lowest BCUT2D eigenvalue weighted by molar-refractivity contribution is -0.126. The Morgan fingerprint density at radius 2 is 1.81 bits per heavy atom. The highest BCUT2D eigenvalue weighted by Crippen LogP contribution is 2.35. The van der Waals surface area contributed by atoms with Crippen molar-refractivity contribution in [3.63, 3.8) is 0 Å². The van der Waals surface area contributed by atoms with Crippen LogP contribution < -0.4 is 24.3 Å². The van der Waals surface area contributed by atoms with Crippen molar-refractivity contribution in [2.24, 2.45) is 5.92 Å². The summed E-state index contributed by atoms with van der Waals surface area (Å²) in [6.07, 6.45) is 0.588. The van der Waals surface area contributed by atoms with Gasteiger partial charge in [0.25, 0.3) is 0 Å². The van der Waals surface area contributed by atoms with Crippen molar-refractivity contribution in [2.45, 2.75) is 13.0 Å². The van der Waals surface area contributed by atoms with Gasteiger partial charge in [-0.1, -0.05) is 11.6 Å². The molecule has 1 N–H and O–H groups in total. The lowest BCUT2D eigenvalue weighted by atomic mass is 9.96. The van der Waals surface area contributed by atoms with Gasteiger partial charge >= 0.3 is 0 Å². The first-order chi connectivity index (χ1) is 13.0. The molecule has 1 amide bonds. The third-order valence-electron chi connectivity index (χ3n) is 4.54. The lowest BCUT2D eigenvalue weighted by Gasteiger charge is -2.25. The maximum atomic E-state index is 12.6. The van der Waals surface area contributed by atoms with E-state index in [1.807, 2.05) is 12.1 Å². The highest BCUT2D eigenvalue weighted by atomic mass is 35.5. The van der Waals surface area contributed by atoms with Crippen LogP contribution in [0.2, 0.25) is 5.02 Å². The Balaban J connectivity index is 1.69. The van der Waals surface area contributed by atoms with Crippen LogP contribution in [0.4, 0.5) is 0 Å². The van der Waals surface area contributed by atoms with Gasteiger partial charge in [-0.3, -0.25) is 4.79 Å². The topological polar surface area (TPSA) is 66.0 Å². The number of benzene rings is 2. The zero-order valence-electron chi connectivity index (χ0n) is 15.5. The van der Waals surface area contributed by atoms with E-state index in [-0.39, 0.29) is 11.8 Å². The molecule has 7 heteroatoms. The minimum Gasteiger partial charge on any atom is -0.496 e. The van der Waals surface area contributed by atoms with Gasteiger partial charge in [-0.25, -0.2) is 0 Å². The highest BCUT2D eigenvalue weighted by Gasteiger charge is 2.26. The average Bonchev–Trinajstić information content (AvgIpc) is 2.70. The number of nitrogens with one attached hydrogen (secondary N) is 1. The number of amides is 1. The van der Waals surface area contributed by atoms with Gasteiger partial charge in [-0.15, -0.1) is 0 Å². The Labute approximate surface area is 163 Å². The summed E-state index contributed by atoms with van der Waals surface area (Å²) in [6, 6.07) is 8.99. The molecule has 6 nitrogen and oxygen atoms in total. The van der Waals surface area contributed by atoms with E-state index >= 15 is 0 Å². The van der Waals surface area contributed by atoms with E-state index in [9.17, 15) is 4.79 Å². The van der Waals surface area contributed by atoms with Crippen LogP contribution >= 0.6 is 11.6 Å². The van der Waals surface area contributed by atoms with Crippen LogP contribution in [-0.4, -0.2) is 33.8 Å². The van der Waals surface area contributed by atoms with Crippen LogP contribution in [0.15, 0.2) is 30.3 Å². The summed E-state index contributed by atoms with van der Waals surface area (Å²) in [5, 5.41) is 3.58. The number of ether oxygens (including phenoxy) is 4. The first-order valence-corrected chi connectivity index (χ1v) is 8.91. The van der Waals surface area contributed by atoms with E-state index in [1.54, 1.807) is 39.5 Å². The zero-order chi connectivity index (χ0) is 19.4. The molecule has 0 saturated carbocycles. The number of carbonyl (C=O) groups excluding carboxylic acids is 1. The van der Waals surface area contributed by atoms with Crippen LogP contribution in [-0.2, 0) is 17.8 Å². The Bertz CT molecular complexity index is 839. The number of rotatable bonds is 6. The first kappa shape index (κ1) is 19.2. The Kier molecular flexibility index (Phi) is 5.96. The van der Waals surface area contributed by atoms with Crippen molar-refractivity contribution >= 4 is 17.5 Å². The molecule has 1 aliphatic rings. The Morgan fingerprint density at radius 1 is 1.11 bits per heavy atom. The zero-order valence-corrected chi connectivity index (χ0v) is 16.3. The highest BCUT2D eigenvalue weighted by molar-refractivity contribution is 6.30. The van der Waals surface area contributed by atoms with Crippen molar-refractivity contribution in [2.75, 3.05) is 27.9 Å². The van der Waals surface area contributed by atoms with Crippen LogP contribution in [0.3, 0.4) is 0 Å². The second kappa shape index (κ2) is 8.39. The first-order valence-electron chi connectivity index (χ1n) is 8.53. The smallest absolute Gasteiger partial charge is 0.227 e. The average molecular weight is 392 g/mol. The Hall–Kier alpha value is -2.60. The fourth-order valence-electron chi connectivity index (χ4n) is 3.09. The molecule has 0 saturated heterocycles. The number of carbonyl (C=O) groups is 1. The number of fused-ring (bicyclic) bond motifs is 1. The summed E-state index contributed by atoms with van der Waals surface area (Å²) < 4.78 is 21.7. The Morgan fingerprint density at radius 3 is 2.52 bits per heavy atom. The molecule has 3 rings (SSSR count). The van der Waals surface area contributed by atoms with E-state index in [0.29, 0.717) is 41.8 Å². The minimum atomic E-state index is -0.276. The fraction of sp³-hybridized carbons (Fsp3) is 0.350. The summed E-state index contributed by atoms with van der Waals surface area (Å²) in [7, 11) is 4.70. The third-order valence-corrected chi connectivity index (χ3v) is 4.77. The number of hydrogen-bond donors (Lipinski definition) is 1. The lowest BCUT2D eigenvalue weighted by Crippen LogP contribution is -2.37. The molecule has 0 bridgehead atoms. The molecule has 0 aliphatic carbocycles. The van der Waals surface area contributed by atoms with Crippen LogP contribution in [0.1, 0.15) is 11.1 Å². The molecule has 144 valence electrons. The molecule has 2 aromatic carbocycles. The second-order valence-electron chi connectivity index (χ2n) is 6.20. The monoisotopic (exact) mass is 391 g/mol. The maximum absolute atomic E-state index is 12.6. The predicted octanol–water partition coefficient (Wildman–Crippen LogP) is 3.23. The molecule has 0 fully saturated rings. The van der Waals surface area contributed by atoms with Crippen molar-refractivity contribution < 1.29 is 23.7 Å². The van der Waals surface area contributed by atoms with Crippen molar-refractivity contribution in [1.82, 2.24) is 5.32 Å². The molecular formula is C20H22ClNO5. The summed E-state index contributed by atoms with van der Waals surface area (Å²) in [4.78, 5) is 12.6. The van der Waals surface area contributed by atoms with E-state index < -0.39 is 0 Å². The molecule has 27 heavy (non-hydrogen) atoms. The molecule has 1 atom stereocenters. The molecule has 0 radical (unpaired) electrons. The van der Waals surface area contributed by atoms with E-state index in [4.69, 9.17) is 30.5 Å². The number of halogens is 1. The van der Waals surface area contributed by atoms with Crippen LogP contribution in [0.25, 0.3) is 0 Å². The molecule has 0 aromatic heterocycles. The predicted molar refractivity (Wildman–Crippen MR) is 102 cm³/mol. The summed E-state index contributed by atoms with van der Waals surface area (Å²) in [5.41, 5.74) is 1.74. The van der Waals surface area contributed by atoms with Gasteiger partial charge in [-0.2, -0.15) is 0 Å². The maximum Gasteiger partial charge on any atom is 0.227 e. The SMILES string of the molecule is COc1cc(OC)c(OC)cc1CNC(=O)[C@@H]1COc2ccc(Cl)cc2C1. The van der Waals surface area contributed by atoms with Gasteiger partial charge in [0.15, 0.2) is 11.5 Å². The van der Waals surface area contributed by atoms with E-state index in [1.165, 1.54) is 0 Å². The largest absolute Gasteiger partial charge is 0.496 e. The molecule has 1 aliphatic heterocycles. The minimum absolute atomic E-state index is 0.0857. The summed E-state index contributed by atoms with van der Waals surface area (Å²) in [5.74, 6) is 2.18. The van der Waals surface area contributed by atoms with Gasteiger partial charge in [-0.05, 0) is 36.2 Å². The molecule has 1 heterocycles.